The number of rotatable bonds is 4. The number of carbonyl (C=O) groups is 1. The summed E-state index contributed by atoms with van der Waals surface area (Å²) in [7, 11) is 0. The average Bonchev–Trinajstić information content (AvgIpc) is 1.98. The topological polar surface area (TPSA) is 26.3 Å². The van der Waals surface area contributed by atoms with Crippen molar-refractivity contribution in [1.29, 1.82) is 0 Å². The fourth-order valence-electron chi connectivity index (χ4n) is 1.38. The van der Waals surface area contributed by atoms with Gasteiger partial charge in [-0.3, -0.25) is 4.79 Å². The standard InChI is InChI=1S/C11H12F2O2/c1-7-3-9(5-8(2)14)6-10(4-7)15-11(12)13/h3-4,6,11H,5H2,1-2H3. The first kappa shape index (κ1) is 11.6. The molecular formula is C11H12F2O2. The molecule has 0 radical (unpaired) electrons. The molecule has 0 saturated carbocycles. The van der Waals surface area contributed by atoms with Gasteiger partial charge in [0, 0.05) is 6.42 Å². The van der Waals surface area contributed by atoms with Crippen LogP contribution >= 0.6 is 0 Å². The Morgan fingerprint density at radius 1 is 1.40 bits per heavy atom. The molecule has 0 bridgehead atoms. The van der Waals surface area contributed by atoms with Crippen molar-refractivity contribution in [1.82, 2.24) is 0 Å². The zero-order valence-corrected chi connectivity index (χ0v) is 8.59. The first-order chi connectivity index (χ1) is 6.97. The maximum Gasteiger partial charge on any atom is 0.387 e. The second kappa shape index (κ2) is 4.87. The minimum Gasteiger partial charge on any atom is -0.435 e. The molecule has 0 saturated heterocycles. The third-order valence-electron chi connectivity index (χ3n) is 1.79. The quantitative estimate of drug-likeness (QED) is 0.770. The molecule has 0 N–H and O–H groups in total. The number of hydrogen-bond donors (Lipinski definition) is 0. The van der Waals surface area contributed by atoms with Crippen LogP contribution in [0.5, 0.6) is 5.75 Å². The van der Waals surface area contributed by atoms with Gasteiger partial charge in [0.1, 0.15) is 11.5 Å². The van der Waals surface area contributed by atoms with Gasteiger partial charge in [0.05, 0.1) is 0 Å². The lowest BCUT2D eigenvalue weighted by molar-refractivity contribution is -0.116. The molecule has 0 heterocycles. The molecule has 15 heavy (non-hydrogen) atoms. The van der Waals surface area contributed by atoms with E-state index >= 15 is 0 Å². The van der Waals surface area contributed by atoms with Crippen molar-refractivity contribution in [3.63, 3.8) is 0 Å². The van der Waals surface area contributed by atoms with Gasteiger partial charge < -0.3 is 4.74 Å². The molecule has 2 nitrogen and oxygen atoms in total. The Kier molecular flexibility index (Phi) is 3.77. The van der Waals surface area contributed by atoms with Crippen molar-refractivity contribution in [2.75, 3.05) is 0 Å². The molecule has 0 spiro atoms. The highest BCUT2D eigenvalue weighted by Crippen LogP contribution is 2.19. The Bertz CT molecular complexity index is 362. The summed E-state index contributed by atoms with van der Waals surface area (Å²) in [6, 6.07) is 4.75. The number of halogens is 2. The molecule has 1 aromatic rings. The molecule has 0 aromatic heterocycles. The van der Waals surface area contributed by atoms with Crippen LogP contribution in [-0.4, -0.2) is 12.4 Å². The summed E-state index contributed by atoms with van der Waals surface area (Å²) in [4.78, 5) is 10.9. The number of alkyl halides is 2. The molecule has 1 aromatic carbocycles. The first-order valence-corrected chi connectivity index (χ1v) is 4.52. The number of aryl methyl sites for hydroxylation is 1. The fraction of sp³-hybridized carbons (Fsp3) is 0.364. The first-order valence-electron chi connectivity index (χ1n) is 4.52. The van der Waals surface area contributed by atoms with Crippen LogP contribution in [0.2, 0.25) is 0 Å². The molecule has 82 valence electrons. The summed E-state index contributed by atoms with van der Waals surface area (Å²) >= 11 is 0. The monoisotopic (exact) mass is 214 g/mol. The second-order valence-corrected chi connectivity index (χ2v) is 3.41. The van der Waals surface area contributed by atoms with E-state index in [9.17, 15) is 13.6 Å². The van der Waals surface area contributed by atoms with E-state index in [4.69, 9.17) is 0 Å². The largest absolute Gasteiger partial charge is 0.435 e. The highest BCUT2D eigenvalue weighted by Gasteiger charge is 2.07. The van der Waals surface area contributed by atoms with Crippen LogP contribution in [0.25, 0.3) is 0 Å². The van der Waals surface area contributed by atoms with Crippen LogP contribution < -0.4 is 4.74 Å². The van der Waals surface area contributed by atoms with E-state index in [1.807, 2.05) is 0 Å². The normalized spacial score (nSPS) is 10.5. The molecule has 0 unspecified atom stereocenters. The van der Waals surface area contributed by atoms with Crippen LogP contribution in [0.4, 0.5) is 8.78 Å². The Balaban J connectivity index is 2.89. The van der Waals surface area contributed by atoms with E-state index in [0.717, 1.165) is 5.56 Å². The second-order valence-electron chi connectivity index (χ2n) is 3.41. The summed E-state index contributed by atoms with van der Waals surface area (Å²) in [5.74, 6) is 0.0878. The molecule has 0 aliphatic carbocycles. The van der Waals surface area contributed by atoms with Crippen LogP contribution in [-0.2, 0) is 11.2 Å². The molecule has 0 fully saturated rings. The van der Waals surface area contributed by atoms with Gasteiger partial charge in [-0.05, 0) is 37.1 Å². The summed E-state index contributed by atoms with van der Waals surface area (Å²) in [6.07, 6.45) is 0.237. The molecule has 0 aliphatic heterocycles. The summed E-state index contributed by atoms with van der Waals surface area (Å²) in [5.41, 5.74) is 1.49. The highest BCUT2D eigenvalue weighted by molar-refractivity contribution is 5.78. The Morgan fingerprint density at radius 3 is 2.60 bits per heavy atom. The SMILES string of the molecule is CC(=O)Cc1cc(C)cc(OC(F)F)c1. The summed E-state index contributed by atoms with van der Waals surface area (Å²) in [6.45, 7) is 0.384. The third-order valence-corrected chi connectivity index (χ3v) is 1.79. The van der Waals surface area contributed by atoms with Gasteiger partial charge in [0.15, 0.2) is 0 Å². The average molecular weight is 214 g/mol. The van der Waals surface area contributed by atoms with E-state index in [-0.39, 0.29) is 18.0 Å². The van der Waals surface area contributed by atoms with Gasteiger partial charge in [-0.2, -0.15) is 8.78 Å². The lowest BCUT2D eigenvalue weighted by Crippen LogP contribution is -2.03. The van der Waals surface area contributed by atoms with Gasteiger partial charge in [-0.25, -0.2) is 0 Å². The van der Waals surface area contributed by atoms with Crippen molar-refractivity contribution in [2.24, 2.45) is 0 Å². The number of benzene rings is 1. The van der Waals surface area contributed by atoms with E-state index in [1.54, 1.807) is 13.0 Å². The number of ketones is 1. The predicted molar refractivity (Wildman–Crippen MR) is 52.2 cm³/mol. The maximum atomic E-state index is 12.0. The molecule has 1 rings (SSSR count). The van der Waals surface area contributed by atoms with Gasteiger partial charge in [0.2, 0.25) is 0 Å². The number of ether oxygens (including phenoxy) is 1. The molecule has 4 heteroatoms. The van der Waals surface area contributed by atoms with E-state index in [2.05, 4.69) is 4.74 Å². The van der Waals surface area contributed by atoms with Crippen LogP contribution in [0, 0.1) is 6.92 Å². The van der Waals surface area contributed by atoms with Crippen molar-refractivity contribution < 1.29 is 18.3 Å². The predicted octanol–water partition coefficient (Wildman–Crippen LogP) is 2.73. The fourth-order valence-corrected chi connectivity index (χ4v) is 1.38. The lowest BCUT2D eigenvalue weighted by atomic mass is 10.1. The smallest absolute Gasteiger partial charge is 0.387 e. The van der Waals surface area contributed by atoms with E-state index in [1.165, 1.54) is 19.1 Å². The molecular weight excluding hydrogens is 202 g/mol. The molecule has 0 atom stereocenters. The lowest BCUT2D eigenvalue weighted by Gasteiger charge is -2.07. The molecule has 0 amide bonds. The number of carbonyl (C=O) groups excluding carboxylic acids is 1. The van der Waals surface area contributed by atoms with Crippen molar-refractivity contribution >= 4 is 5.78 Å². The van der Waals surface area contributed by atoms with E-state index < -0.39 is 6.61 Å². The molecule has 0 aliphatic rings. The van der Waals surface area contributed by atoms with Crippen LogP contribution in [0.3, 0.4) is 0 Å². The van der Waals surface area contributed by atoms with Gasteiger partial charge in [0.25, 0.3) is 0 Å². The van der Waals surface area contributed by atoms with Crippen LogP contribution in [0.15, 0.2) is 18.2 Å². The Morgan fingerprint density at radius 2 is 2.07 bits per heavy atom. The number of hydrogen-bond acceptors (Lipinski definition) is 2. The maximum absolute atomic E-state index is 12.0. The minimum atomic E-state index is -2.84. The van der Waals surface area contributed by atoms with Gasteiger partial charge >= 0.3 is 6.61 Å². The highest BCUT2D eigenvalue weighted by atomic mass is 19.3. The Labute approximate surface area is 86.9 Å². The number of Topliss-reactive ketones (excluding diaryl/α,β-unsaturated/α-hetero) is 1. The van der Waals surface area contributed by atoms with Gasteiger partial charge in [-0.1, -0.05) is 6.07 Å². The van der Waals surface area contributed by atoms with Crippen molar-refractivity contribution in [3.8, 4) is 5.75 Å². The van der Waals surface area contributed by atoms with Crippen LogP contribution in [0.1, 0.15) is 18.1 Å². The van der Waals surface area contributed by atoms with Crippen molar-refractivity contribution in [3.05, 3.63) is 29.3 Å². The minimum absolute atomic E-state index is 0.0106. The Hall–Kier alpha value is -1.45. The van der Waals surface area contributed by atoms with Gasteiger partial charge in [-0.15, -0.1) is 0 Å². The zero-order chi connectivity index (χ0) is 11.4. The summed E-state index contributed by atoms with van der Waals surface area (Å²) < 4.78 is 28.2. The summed E-state index contributed by atoms with van der Waals surface area (Å²) in [5, 5.41) is 0. The van der Waals surface area contributed by atoms with E-state index in [0.29, 0.717) is 5.56 Å². The van der Waals surface area contributed by atoms with Crippen molar-refractivity contribution in [2.45, 2.75) is 26.9 Å². The third kappa shape index (κ3) is 4.06. The zero-order valence-electron chi connectivity index (χ0n) is 8.59.